The minimum Gasteiger partial charge on any atom is -0.395 e. The molecule has 1 fully saturated rings. The van der Waals surface area contributed by atoms with E-state index in [9.17, 15) is 4.39 Å². The molecule has 1 aromatic rings. The van der Waals surface area contributed by atoms with Gasteiger partial charge in [-0.2, -0.15) is 0 Å². The summed E-state index contributed by atoms with van der Waals surface area (Å²) in [5.41, 5.74) is 1.07. The summed E-state index contributed by atoms with van der Waals surface area (Å²) in [6.45, 7) is 2.75. The molecule has 0 radical (unpaired) electrons. The zero-order chi connectivity index (χ0) is 12.1. The second-order valence-electron chi connectivity index (χ2n) is 4.44. The number of halogens is 1. The van der Waals surface area contributed by atoms with Gasteiger partial charge in [0.2, 0.25) is 0 Å². The van der Waals surface area contributed by atoms with E-state index in [1.165, 1.54) is 12.1 Å². The van der Waals surface area contributed by atoms with Crippen LogP contribution in [0.2, 0.25) is 0 Å². The first-order valence-electron chi connectivity index (χ1n) is 6.14. The van der Waals surface area contributed by atoms with Crippen LogP contribution in [-0.4, -0.2) is 37.4 Å². The predicted octanol–water partition coefficient (Wildman–Crippen LogP) is 1.38. The first kappa shape index (κ1) is 12.3. The van der Waals surface area contributed by atoms with Gasteiger partial charge in [-0.1, -0.05) is 0 Å². The van der Waals surface area contributed by atoms with Crippen molar-refractivity contribution in [3.63, 3.8) is 0 Å². The van der Waals surface area contributed by atoms with Crippen LogP contribution in [0.15, 0.2) is 24.3 Å². The van der Waals surface area contributed by atoms with Gasteiger partial charge in [-0.25, -0.2) is 4.39 Å². The van der Waals surface area contributed by atoms with Crippen molar-refractivity contribution in [1.82, 2.24) is 5.32 Å². The third-order valence-corrected chi connectivity index (χ3v) is 3.16. The maximum Gasteiger partial charge on any atom is 0.123 e. The van der Waals surface area contributed by atoms with Gasteiger partial charge in [0, 0.05) is 31.4 Å². The molecular formula is C13H19FN2O. The van der Waals surface area contributed by atoms with Crippen molar-refractivity contribution in [3.05, 3.63) is 30.1 Å². The van der Waals surface area contributed by atoms with Crippen molar-refractivity contribution in [2.45, 2.75) is 18.9 Å². The van der Waals surface area contributed by atoms with Gasteiger partial charge in [-0.3, -0.25) is 0 Å². The Labute approximate surface area is 101 Å². The van der Waals surface area contributed by atoms with Gasteiger partial charge >= 0.3 is 0 Å². The summed E-state index contributed by atoms with van der Waals surface area (Å²) < 4.78 is 12.8. The fourth-order valence-electron chi connectivity index (χ4n) is 2.30. The summed E-state index contributed by atoms with van der Waals surface area (Å²) in [6.07, 6.45) is 2.26. The topological polar surface area (TPSA) is 35.5 Å². The highest BCUT2D eigenvalue weighted by Gasteiger charge is 2.19. The van der Waals surface area contributed by atoms with Crippen LogP contribution in [0, 0.1) is 5.82 Å². The smallest absolute Gasteiger partial charge is 0.123 e. The molecule has 94 valence electrons. The third kappa shape index (κ3) is 3.41. The molecule has 0 aromatic heterocycles. The molecule has 2 N–H and O–H groups in total. The van der Waals surface area contributed by atoms with Gasteiger partial charge in [0.25, 0.3) is 0 Å². The van der Waals surface area contributed by atoms with Crippen molar-refractivity contribution in [1.29, 1.82) is 0 Å². The van der Waals surface area contributed by atoms with Gasteiger partial charge in [-0.15, -0.1) is 0 Å². The van der Waals surface area contributed by atoms with Gasteiger partial charge in [0.1, 0.15) is 5.82 Å². The lowest BCUT2D eigenvalue weighted by atomic mass is 10.0. The van der Waals surface area contributed by atoms with Crippen molar-refractivity contribution in [3.8, 4) is 0 Å². The summed E-state index contributed by atoms with van der Waals surface area (Å²) in [4.78, 5) is 2.26. The number of benzene rings is 1. The maximum absolute atomic E-state index is 12.8. The van der Waals surface area contributed by atoms with E-state index in [0.29, 0.717) is 12.6 Å². The van der Waals surface area contributed by atoms with E-state index >= 15 is 0 Å². The number of hydrogen-bond donors (Lipinski definition) is 2. The van der Waals surface area contributed by atoms with Crippen LogP contribution in [0.4, 0.5) is 10.1 Å². The first-order chi connectivity index (χ1) is 8.29. The number of aliphatic hydroxyl groups is 1. The molecule has 0 aliphatic carbocycles. The summed E-state index contributed by atoms with van der Waals surface area (Å²) in [7, 11) is 0. The van der Waals surface area contributed by atoms with E-state index in [4.69, 9.17) is 5.11 Å². The van der Waals surface area contributed by atoms with Crippen LogP contribution in [0.25, 0.3) is 0 Å². The fraction of sp³-hybridized carbons (Fsp3) is 0.538. The van der Waals surface area contributed by atoms with Crippen molar-refractivity contribution >= 4 is 5.69 Å². The number of rotatable bonds is 4. The van der Waals surface area contributed by atoms with E-state index in [0.717, 1.165) is 31.6 Å². The molecule has 3 nitrogen and oxygen atoms in total. The molecule has 1 aromatic carbocycles. The molecule has 0 bridgehead atoms. The minimum absolute atomic E-state index is 0.174. The highest BCUT2D eigenvalue weighted by atomic mass is 19.1. The van der Waals surface area contributed by atoms with Gasteiger partial charge < -0.3 is 15.3 Å². The Bertz CT molecular complexity index is 342. The SMILES string of the molecule is OCCNC1CCCN(c2ccc(F)cc2)C1. The van der Waals surface area contributed by atoms with Crippen LogP contribution in [0.5, 0.6) is 0 Å². The van der Waals surface area contributed by atoms with Crippen LogP contribution in [0.3, 0.4) is 0 Å². The summed E-state index contributed by atoms with van der Waals surface area (Å²) in [5.74, 6) is -0.194. The van der Waals surface area contributed by atoms with E-state index in [-0.39, 0.29) is 12.4 Å². The molecular weight excluding hydrogens is 219 g/mol. The lowest BCUT2D eigenvalue weighted by molar-refractivity contribution is 0.278. The molecule has 1 unspecified atom stereocenters. The summed E-state index contributed by atoms with van der Waals surface area (Å²) >= 11 is 0. The second kappa shape index (κ2) is 5.98. The molecule has 2 rings (SSSR count). The molecule has 1 atom stereocenters. The van der Waals surface area contributed by atoms with E-state index in [2.05, 4.69) is 10.2 Å². The van der Waals surface area contributed by atoms with E-state index < -0.39 is 0 Å². The number of nitrogens with one attached hydrogen (secondary N) is 1. The zero-order valence-electron chi connectivity index (χ0n) is 9.90. The van der Waals surface area contributed by atoms with Crippen molar-refractivity contribution in [2.24, 2.45) is 0 Å². The molecule has 0 amide bonds. The molecule has 1 aliphatic rings. The lowest BCUT2D eigenvalue weighted by Gasteiger charge is -2.34. The van der Waals surface area contributed by atoms with Crippen LogP contribution >= 0.6 is 0 Å². The molecule has 1 saturated heterocycles. The Morgan fingerprint density at radius 3 is 2.82 bits per heavy atom. The monoisotopic (exact) mass is 238 g/mol. The molecule has 4 heteroatoms. The number of piperidine rings is 1. The fourth-order valence-corrected chi connectivity index (χ4v) is 2.30. The Morgan fingerprint density at radius 2 is 2.12 bits per heavy atom. The minimum atomic E-state index is -0.194. The van der Waals surface area contributed by atoms with E-state index in [1.807, 2.05) is 12.1 Å². The number of anilines is 1. The standard InChI is InChI=1S/C13H19FN2O/c14-11-3-5-13(6-4-11)16-8-1-2-12(10-16)15-7-9-17/h3-6,12,15,17H,1-2,7-10H2. The molecule has 1 aliphatic heterocycles. The summed E-state index contributed by atoms with van der Waals surface area (Å²) in [5, 5.41) is 12.1. The molecule has 0 spiro atoms. The second-order valence-corrected chi connectivity index (χ2v) is 4.44. The van der Waals surface area contributed by atoms with Crippen LogP contribution < -0.4 is 10.2 Å². The number of aliphatic hydroxyl groups excluding tert-OH is 1. The average Bonchev–Trinajstić information content (AvgIpc) is 2.37. The molecule has 0 saturated carbocycles. The van der Waals surface area contributed by atoms with Crippen LogP contribution in [-0.2, 0) is 0 Å². The summed E-state index contributed by atoms with van der Waals surface area (Å²) in [6, 6.07) is 7.06. The Morgan fingerprint density at radius 1 is 1.35 bits per heavy atom. The molecule has 1 heterocycles. The largest absolute Gasteiger partial charge is 0.395 e. The van der Waals surface area contributed by atoms with Gasteiger partial charge in [0.15, 0.2) is 0 Å². The number of hydrogen-bond acceptors (Lipinski definition) is 3. The Balaban J connectivity index is 1.94. The highest BCUT2D eigenvalue weighted by Crippen LogP contribution is 2.20. The quantitative estimate of drug-likeness (QED) is 0.832. The molecule has 17 heavy (non-hydrogen) atoms. The Kier molecular flexibility index (Phi) is 4.34. The highest BCUT2D eigenvalue weighted by molar-refractivity contribution is 5.46. The number of nitrogens with zero attached hydrogens (tertiary/aromatic N) is 1. The average molecular weight is 238 g/mol. The normalized spacial score (nSPS) is 20.6. The lowest BCUT2D eigenvalue weighted by Crippen LogP contribution is -2.46. The van der Waals surface area contributed by atoms with Crippen LogP contribution in [0.1, 0.15) is 12.8 Å². The first-order valence-corrected chi connectivity index (χ1v) is 6.14. The third-order valence-electron chi connectivity index (χ3n) is 3.16. The maximum atomic E-state index is 12.8. The zero-order valence-corrected chi connectivity index (χ0v) is 9.90. The van der Waals surface area contributed by atoms with Gasteiger partial charge in [0.05, 0.1) is 6.61 Å². The van der Waals surface area contributed by atoms with E-state index in [1.54, 1.807) is 0 Å². The predicted molar refractivity (Wildman–Crippen MR) is 66.7 cm³/mol. The van der Waals surface area contributed by atoms with Gasteiger partial charge in [-0.05, 0) is 37.1 Å². The van der Waals surface area contributed by atoms with Crippen molar-refractivity contribution in [2.75, 3.05) is 31.1 Å². The Hall–Kier alpha value is -1.13. The van der Waals surface area contributed by atoms with Crippen molar-refractivity contribution < 1.29 is 9.50 Å².